The lowest BCUT2D eigenvalue weighted by molar-refractivity contribution is 0.0600. The van der Waals surface area contributed by atoms with Crippen molar-refractivity contribution >= 4 is 22.4 Å². The summed E-state index contributed by atoms with van der Waals surface area (Å²) in [7, 11) is 1.34. The van der Waals surface area contributed by atoms with Crippen molar-refractivity contribution in [3.8, 4) is 0 Å². The van der Waals surface area contributed by atoms with Gasteiger partial charge in [0.25, 0.3) is 0 Å². The third-order valence-corrected chi connectivity index (χ3v) is 3.21. The van der Waals surface area contributed by atoms with E-state index in [1.54, 1.807) is 12.3 Å². The van der Waals surface area contributed by atoms with Crippen LogP contribution < -0.4 is 5.32 Å². The molecule has 0 saturated heterocycles. The molecule has 0 radical (unpaired) electrons. The van der Waals surface area contributed by atoms with Gasteiger partial charge in [-0.1, -0.05) is 12.1 Å². The molecule has 0 atom stereocenters. The van der Waals surface area contributed by atoms with E-state index in [1.165, 1.54) is 13.4 Å². The molecule has 5 heteroatoms. The second-order valence-corrected chi connectivity index (χ2v) is 4.55. The summed E-state index contributed by atoms with van der Waals surface area (Å²) in [4.78, 5) is 15.5. The van der Waals surface area contributed by atoms with Gasteiger partial charge >= 0.3 is 5.97 Å². The predicted molar refractivity (Wildman–Crippen MR) is 79.1 cm³/mol. The van der Waals surface area contributed by atoms with Gasteiger partial charge in [0.2, 0.25) is 0 Å². The van der Waals surface area contributed by atoms with Crippen molar-refractivity contribution in [1.29, 1.82) is 0 Å². The van der Waals surface area contributed by atoms with Gasteiger partial charge in [-0.05, 0) is 18.2 Å². The molecule has 3 rings (SSSR count). The van der Waals surface area contributed by atoms with Crippen LogP contribution in [0.5, 0.6) is 0 Å². The number of benzene rings is 1. The van der Waals surface area contributed by atoms with Crippen LogP contribution >= 0.6 is 0 Å². The lowest BCUT2D eigenvalue weighted by Gasteiger charge is -2.07. The number of ether oxygens (including phenoxy) is 1. The first kappa shape index (κ1) is 13.2. The fourth-order valence-electron chi connectivity index (χ4n) is 2.16. The summed E-state index contributed by atoms with van der Waals surface area (Å²) in [6, 6.07) is 9.60. The SMILES string of the molecule is COC(=O)c1coc(CNc2cccc3cnccc23)c1. The topological polar surface area (TPSA) is 64.4 Å². The fraction of sp³-hybridized carbons (Fsp3) is 0.125. The Hall–Kier alpha value is -2.82. The quantitative estimate of drug-likeness (QED) is 0.744. The van der Waals surface area contributed by atoms with E-state index >= 15 is 0 Å². The van der Waals surface area contributed by atoms with E-state index in [0.717, 1.165) is 16.5 Å². The Morgan fingerprint density at radius 3 is 3.14 bits per heavy atom. The van der Waals surface area contributed by atoms with Crippen LogP contribution in [0.4, 0.5) is 5.69 Å². The van der Waals surface area contributed by atoms with Gasteiger partial charge in [0.15, 0.2) is 0 Å². The summed E-state index contributed by atoms with van der Waals surface area (Å²) < 4.78 is 9.99. The van der Waals surface area contributed by atoms with Gasteiger partial charge in [-0.3, -0.25) is 4.98 Å². The number of anilines is 1. The summed E-state index contributed by atoms with van der Waals surface area (Å²) in [6.07, 6.45) is 4.98. The van der Waals surface area contributed by atoms with E-state index in [0.29, 0.717) is 17.9 Å². The van der Waals surface area contributed by atoms with Crippen molar-refractivity contribution in [2.75, 3.05) is 12.4 Å². The van der Waals surface area contributed by atoms with Crippen LogP contribution in [0.3, 0.4) is 0 Å². The molecule has 106 valence electrons. The molecule has 1 N–H and O–H groups in total. The summed E-state index contributed by atoms with van der Waals surface area (Å²) in [6.45, 7) is 0.485. The van der Waals surface area contributed by atoms with E-state index in [4.69, 9.17) is 4.42 Å². The Balaban J connectivity index is 1.77. The largest absolute Gasteiger partial charge is 0.467 e. The number of carbonyl (C=O) groups excluding carboxylic acids is 1. The highest BCUT2D eigenvalue weighted by Gasteiger charge is 2.10. The van der Waals surface area contributed by atoms with Crippen LogP contribution in [-0.2, 0) is 11.3 Å². The first-order valence-electron chi connectivity index (χ1n) is 6.50. The van der Waals surface area contributed by atoms with Gasteiger partial charge in [-0.25, -0.2) is 4.79 Å². The molecule has 1 aromatic carbocycles. The molecule has 0 aliphatic carbocycles. The van der Waals surface area contributed by atoms with E-state index < -0.39 is 5.97 Å². The van der Waals surface area contributed by atoms with E-state index in [2.05, 4.69) is 15.0 Å². The Bertz CT molecular complexity index is 775. The molecule has 0 aliphatic heterocycles. The van der Waals surface area contributed by atoms with E-state index in [1.807, 2.05) is 30.5 Å². The second kappa shape index (κ2) is 5.66. The number of aromatic nitrogens is 1. The monoisotopic (exact) mass is 282 g/mol. The number of nitrogens with one attached hydrogen (secondary N) is 1. The number of nitrogens with zero attached hydrogens (tertiary/aromatic N) is 1. The van der Waals surface area contributed by atoms with Crippen molar-refractivity contribution in [2.24, 2.45) is 0 Å². The molecule has 0 amide bonds. The molecule has 0 aliphatic rings. The molecule has 21 heavy (non-hydrogen) atoms. The zero-order valence-electron chi connectivity index (χ0n) is 11.5. The number of methoxy groups -OCH3 is 1. The number of hydrogen-bond donors (Lipinski definition) is 1. The van der Waals surface area contributed by atoms with Gasteiger partial charge in [0.05, 0.1) is 19.2 Å². The maximum absolute atomic E-state index is 11.4. The van der Waals surface area contributed by atoms with Gasteiger partial charge in [-0.15, -0.1) is 0 Å². The van der Waals surface area contributed by atoms with Crippen molar-refractivity contribution in [3.05, 3.63) is 60.3 Å². The highest BCUT2D eigenvalue weighted by molar-refractivity contribution is 5.93. The average molecular weight is 282 g/mol. The fourth-order valence-corrected chi connectivity index (χ4v) is 2.16. The van der Waals surface area contributed by atoms with Crippen molar-refractivity contribution in [2.45, 2.75) is 6.54 Å². The summed E-state index contributed by atoms with van der Waals surface area (Å²) in [5, 5.41) is 5.46. The van der Waals surface area contributed by atoms with Crippen molar-refractivity contribution < 1.29 is 13.9 Å². The summed E-state index contributed by atoms with van der Waals surface area (Å²) >= 11 is 0. The minimum Gasteiger partial charge on any atom is -0.467 e. The number of esters is 1. The Kier molecular flexibility index (Phi) is 3.55. The third kappa shape index (κ3) is 2.72. The van der Waals surface area contributed by atoms with Gasteiger partial charge in [0, 0.05) is 28.9 Å². The maximum atomic E-state index is 11.4. The predicted octanol–water partition coefficient (Wildman–Crippen LogP) is 3.23. The average Bonchev–Trinajstić information content (AvgIpc) is 3.01. The normalized spacial score (nSPS) is 10.5. The lowest BCUT2D eigenvalue weighted by atomic mass is 10.1. The minimum absolute atomic E-state index is 0.402. The van der Waals surface area contributed by atoms with Crippen molar-refractivity contribution in [1.82, 2.24) is 4.98 Å². The molecular weight excluding hydrogens is 268 g/mol. The molecule has 0 saturated carbocycles. The third-order valence-electron chi connectivity index (χ3n) is 3.21. The molecule has 2 heterocycles. The van der Waals surface area contributed by atoms with Crippen LogP contribution in [-0.4, -0.2) is 18.1 Å². The van der Waals surface area contributed by atoms with Crippen LogP contribution in [0.1, 0.15) is 16.1 Å². The Labute approximate surface area is 121 Å². The molecular formula is C16H14N2O3. The zero-order valence-corrected chi connectivity index (χ0v) is 11.5. The molecule has 5 nitrogen and oxygen atoms in total. The van der Waals surface area contributed by atoms with Gasteiger partial charge in [0.1, 0.15) is 12.0 Å². The summed E-state index contributed by atoms with van der Waals surface area (Å²) in [5.41, 5.74) is 1.40. The number of furan rings is 1. The summed E-state index contributed by atoms with van der Waals surface area (Å²) in [5.74, 6) is 0.266. The Morgan fingerprint density at radius 2 is 2.29 bits per heavy atom. The highest BCUT2D eigenvalue weighted by atomic mass is 16.5. The van der Waals surface area contributed by atoms with E-state index in [9.17, 15) is 4.79 Å². The maximum Gasteiger partial charge on any atom is 0.341 e. The van der Waals surface area contributed by atoms with Gasteiger partial charge in [-0.2, -0.15) is 0 Å². The van der Waals surface area contributed by atoms with Gasteiger partial charge < -0.3 is 14.5 Å². The minimum atomic E-state index is -0.402. The van der Waals surface area contributed by atoms with Crippen LogP contribution in [0.15, 0.2) is 53.4 Å². The zero-order chi connectivity index (χ0) is 14.7. The number of carbonyl (C=O) groups is 1. The highest BCUT2D eigenvalue weighted by Crippen LogP contribution is 2.23. The molecule has 3 aromatic rings. The number of pyridine rings is 1. The second-order valence-electron chi connectivity index (χ2n) is 4.55. The molecule has 2 aromatic heterocycles. The molecule has 0 fully saturated rings. The Morgan fingerprint density at radius 1 is 1.38 bits per heavy atom. The van der Waals surface area contributed by atoms with Crippen LogP contribution in [0.2, 0.25) is 0 Å². The number of fused-ring (bicyclic) bond motifs is 1. The molecule has 0 spiro atoms. The standard InChI is InChI=1S/C16H14N2O3/c1-20-16(19)12-7-13(21-10-12)9-18-15-4-2-3-11-8-17-6-5-14(11)15/h2-8,10,18H,9H2,1H3. The van der Waals surface area contributed by atoms with Crippen LogP contribution in [0.25, 0.3) is 10.8 Å². The lowest BCUT2D eigenvalue weighted by Crippen LogP contribution is -2.00. The van der Waals surface area contributed by atoms with Crippen LogP contribution in [0, 0.1) is 0 Å². The first-order valence-corrected chi connectivity index (χ1v) is 6.50. The number of rotatable bonds is 4. The number of hydrogen-bond acceptors (Lipinski definition) is 5. The molecule has 0 bridgehead atoms. The smallest absolute Gasteiger partial charge is 0.341 e. The molecule has 0 unspecified atom stereocenters. The van der Waals surface area contributed by atoms with E-state index in [-0.39, 0.29) is 0 Å². The van der Waals surface area contributed by atoms with Crippen molar-refractivity contribution in [3.63, 3.8) is 0 Å². The first-order chi connectivity index (χ1) is 10.3.